The fraction of sp³-hybridized carbons (Fsp3) is 0.600. The van der Waals surface area contributed by atoms with Crippen molar-refractivity contribution in [3.05, 3.63) is 38.7 Å². The molecule has 9 nitrogen and oxygen atoms in total. The number of pyridine rings is 1. The van der Waals surface area contributed by atoms with E-state index in [2.05, 4.69) is 9.88 Å². The summed E-state index contributed by atoms with van der Waals surface area (Å²) in [5.41, 5.74) is -0.217. The van der Waals surface area contributed by atoms with Crippen molar-refractivity contribution in [1.82, 2.24) is 23.9 Å². The third-order valence-electron chi connectivity index (χ3n) is 5.90. The minimum absolute atomic E-state index is 0.130. The molecule has 1 unspecified atom stereocenters. The van der Waals surface area contributed by atoms with E-state index in [0.717, 1.165) is 50.1 Å². The number of amides is 1. The molecule has 2 fully saturated rings. The van der Waals surface area contributed by atoms with Crippen molar-refractivity contribution in [2.24, 2.45) is 14.1 Å². The Kier molecular flexibility index (Phi) is 5.51. The highest BCUT2D eigenvalue weighted by atomic mass is 16.5. The van der Waals surface area contributed by atoms with E-state index in [1.807, 2.05) is 4.90 Å². The van der Waals surface area contributed by atoms with Gasteiger partial charge in [0.05, 0.1) is 17.1 Å². The third-order valence-corrected chi connectivity index (χ3v) is 5.90. The summed E-state index contributed by atoms with van der Waals surface area (Å²) in [6.07, 6.45) is 4.90. The van der Waals surface area contributed by atoms with E-state index in [4.69, 9.17) is 4.74 Å². The average Bonchev–Trinajstić information content (AvgIpc) is 3.13. The van der Waals surface area contributed by atoms with Crippen LogP contribution in [0.3, 0.4) is 0 Å². The number of carbonyl (C=O) groups is 1. The molecule has 1 amide bonds. The molecule has 0 spiro atoms. The number of ether oxygens (including phenoxy) is 1. The van der Waals surface area contributed by atoms with Crippen LogP contribution in [-0.4, -0.2) is 75.3 Å². The summed E-state index contributed by atoms with van der Waals surface area (Å²) in [6, 6.07) is 1.56. The summed E-state index contributed by atoms with van der Waals surface area (Å²) in [7, 11) is 2.99. The number of aromatic nitrogens is 3. The first-order valence-electron chi connectivity index (χ1n) is 10.1. The van der Waals surface area contributed by atoms with Gasteiger partial charge in [0, 0.05) is 53.1 Å². The van der Waals surface area contributed by atoms with Gasteiger partial charge >= 0.3 is 5.69 Å². The van der Waals surface area contributed by atoms with Gasteiger partial charge in [-0.1, -0.05) is 0 Å². The molecule has 9 heteroatoms. The Morgan fingerprint density at radius 1 is 1.14 bits per heavy atom. The highest BCUT2D eigenvalue weighted by Gasteiger charge is 2.24. The molecule has 0 aliphatic carbocycles. The SMILES string of the molecule is Cn1c(=O)c2cc(C(=O)N3CCCN(CC4CCCO4)CC3)cnc2n(C)c1=O. The number of nitrogens with zero attached hydrogens (tertiary/aromatic N) is 5. The van der Waals surface area contributed by atoms with Gasteiger partial charge in [0.25, 0.3) is 11.5 Å². The van der Waals surface area contributed by atoms with Crippen molar-refractivity contribution in [2.75, 3.05) is 39.3 Å². The van der Waals surface area contributed by atoms with E-state index >= 15 is 0 Å². The molecule has 1 atom stereocenters. The zero-order chi connectivity index (χ0) is 20.5. The van der Waals surface area contributed by atoms with Crippen molar-refractivity contribution < 1.29 is 9.53 Å². The Labute approximate surface area is 168 Å². The van der Waals surface area contributed by atoms with E-state index < -0.39 is 11.2 Å². The van der Waals surface area contributed by atoms with Crippen molar-refractivity contribution in [3.63, 3.8) is 0 Å². The van der Waals surface area contributed by atoms with Crippen LogP contribution in [0.2, 0.25) is 0 Å². The average molecular weight is 401 g/mol. The molecule has 2 aliphatic rings. The monoisotopic (exact) mass is 401 g/mol. The summed E-state index contributed by atoms with van der Waals surface area (Å²) < 4.78 is 8.09. The molecule has 2 saturated heterocycles. The molecular weight excluding hydrogens is 374 g/mol. The van der Waals surface area contributed by atoms with Crippen molar-refractivity contribution >= 4 is 16.9 Å². The Balaban J connectivity index is 1.52. The van der Waals surface area contributed by atoms with Crippen LogP contribution in [-0.2, 0) is 18.8 Å². The topological polar surface area (TPSA) is 89.7 Å². The number of hydrogen-bond donors (Lipinski definition) is 0. The highest BCUT2D eigenvalue weighted by molar-refractivity contribution is 5.96. The standard InChI is InChI=1S/C20H27N5O4/c1-22-17-16(19(27)23(2)20(22)28)11-14(12-21-17)18(26)25-7-4-6-24(8-9-25)13-15-5-3-10-29-15/h11-12,15H,3-10,13H2,1-2H3. The van der Waals surface area contributed by atoms with Gasteiger partial charge in [0.15, 0.2) is 0 Å². The largest absolute Gasteiger partial charge is 0.377 e. The molecule has 0 saturated carbocycles. The normalized spacial score (nSPS) is 20.9. The van der Waals surface area contributed by atoms with Crippen molar-refractivity contribution in [3.8, 4) is 0 Å². The molecule has 29 heavy (non-hydrogen) atoms. The number of hydrogen-bond acceptors (Lipinski definition) is 6. The van der Waals surface area contributed by atoms with Gasteiger partial charge < -0.3 is 9.64 Å². The molecule has 156 valence electrons. The maximum absolute atomic E-state index is 13.1. The van der Waals surface area contributed by atoms with E-state index in [-0.39, 0.29) is 16.9 Å². The van der Waals surface area contributed by atoms with Gasteiger partial charge in [0.2, 0.25) is 0 Å². The van der Waals surface area contributed by atoms with Crippen LogP contribution in [0.15, 0.2) is 21.9 Å². The van der Waals surface area contributed by atoms with Gasteiger partial charge in [-0.15, -0.1) is 0 Å². The van der Waals surface area contributed by atoms with Gasteiger partial charge in [-0.25, -0.2) is 9.78 Å². The quantitative estimate of drug-likeness (QED) is 0.717. The van der Waals surface area contributed by atoms with Crippen LogP contribution in [0.1, 0.15) is 29.6 Å². The Morgan fingerprint density at radius 2 is 1.97 bits per heavy atom. The number of fused-ring (bicyclic) bond motifs is 1. The van der Waals surface area contributed by atoms with E-state index in [1.165, 1.54) is 17.8 Å². The van der Waals surface area contributed by atoms with Crippen LogP contribution >= 0.6 is 0 Å². The predicted molar refractivity (Wildman–Crippen MR) is 108 cm³/mol. The Bertz CT molecular complexity index is 1040. The fourth-order valence-corrected chi connectivity index (χ4v) is 4.20. The fourth-order valence-electron chi connectivity index (χ4n) is 4.20. The molecule has 0 radical (unpaired) electrons. The lowest BCUT2D eigenvalue weighted by molar-refractivity contribution is 0.0704. The molecule has 2 aromatic rings. The summed E-state index contributed by atoms with van der Waals surface area (Å²) in [4.78, 5) is 46.0. The summed E-state index contributed by atoms with van der Waals surface area (Å²) in [5.74, 6) is -0.130. The van der Waals surface area contributed by atoms with E-state index in [1.54, 1.807) is 13.1 Å². The minimum Gasteiger partial charge on any atom is -0.377 e. The smallest absolute Gasteiger partial charge is 0.332 e. The van der Waals surface area contributed by atoms with E-state index in [9.17, 15) is 14.4 Å². The van der Waals surface area contributed by atoms with E-state index in [0.29, 0.717) is 24.8 Å². The second-order valence-electron chi connectivity index (χ2n) is 7.88. The molecule has 4 rings (SSSR count). The molecule has 0 aromatic carbocycles. The first-order valence-corrected chi connectivity index (χ1v) is 10.1. The molecule has 2 aliphatic heterocycles. The minimum atomic E-state index is -0.441. The highest BCUT2D eigenvalue weighted by Crippen LogP contribution is 2.16. The number of rotatable bonds is 3. The Hall–Kier alpha value is -2.52. The van der Waals surface area contributed by atoms with Crippen LogP contribution in [0, 0.1) is 0 Å². The molecule has 4 heterocycles. The van der Waals surface area contributed by atoms with Gasteiger partial charge in [-0.05, 0) is 31.9 Å². The lowest BCUT2D eigenvalue weighted by Gasteiger charge is -2.24. The first kappa shape index (κ1) is 19.8. The lowest BCUT2D eigenvalue weighted by Crippen LogP contribution is -2.38. The lowest BCUT2D eigenvalue weighted by atomic mass is 10.2. The third kappa shape index (κ3) is 3.84. The van der Waals surface area contributed by atoms with Gasteiger partial charge in [-0.2, -0.15) is 0 Å². The molecular formula is C20H27N5O4. The molecule has 0 N–H and O–H groups in total. The van der Waals surface area contributed by atoms with Crippen LogP contribution in [0.5, 0.6) is 0 Å². The van der Waals surface area contributed by atoms with Crippen LogP contribution in [0.25, 0.3) is 11.0 Å². The summed E-state index contributed by atoms with van der Waals surface area (Å²) in [6.45, 7) is 4.83. The van der Waals surface area contributed by atoms with Crippen molar-refractivity contribution in [1.29, 1.82) is 0 Å². The zero-order valence-corrected chi connectivity index (χ0v) is 17.0. The van der Waals surface area contributed by atoms with Crippen LogP contribution in [0.4, 0.5) is 0 Å². The molecule has 0 bridgehead atoms. The van der Waals surface area contributed by atoms with Crippen LogP contribution < -0.4 is 11.2 Å². The molecule has 2 aromatic heterocycles. The zero-order valence-electron chi connectivity index (χ0n) is 17.0. The second kappa shape index (κ2) is 8.08. The van der Waals surface area contributed by atoms with Gasteiger partial charge in [0.1, 0.15) is 5.65 Å². The number of aryl methyl sites for hydroxylation is 1. The maximum Gasteiger partial charge on any atom is 0.332 e. The second-order valence-corrected chi connectivity index (χ2v) is 7.88. The Morgan fingerprint density at radius 3 is 2.72 bits per heavy atom. The first-order chi connectivity index (χ1) is 14.0. The maximum atomic E-state index is 13.1. The van der Waals surface area contributed by atoms with Gasteiger partial charge in [-0.3, -0.25) is 23.6 Å². The predicted octanol–water partition coefficient (Wildman–Crippen LogP) is -0.0409. The number of carbonyl (C=O) groups excluding carboxylic acids is 1. The summed E-state index contributed by atoms with van der Waals surface area (Å²) in [5, 5.41) is 0.273. The van der Waals surface area contributed by atoms with Crippen molar-refractivity contribution in [2.45, 2.75) is 25.4 Å². The summed E-state index contributed by atoms with van der Waals surface area (Å²) >= 11 is 0.